The monoisotopic (exact) mass is 771 g/mol. The van der Waals surface area contributed by atoms with Crippen LogP contribution in [0.5, 0.6) is 0 Å². The summed E-state index contributed by atoms with van der Waals surface area (Å²) in [5.74, 6) is -0.927. The second kappa shape index (κ2) is 40.2. The van der Waals surface area contributed by atoms with Gasteiger partial charge in [0.1, 0.15) is 6.61 Å². The zero-order valence-corrected chi connectivity index (χ0v) is 35.3. The number of hydrogen-bond donors (Lipinski definition) is 2. The van der Waals surface area contributed by atoms with Crippen LogP contribution in [0.3, 0.4) is 0 Å². The first-order valence-corrected chi connectivity index (χ1v) is 23.7. The number of phosphoric acid groups is 1. The van der Waals surface area contributed by atoms with Gasteiger partial charge in [-0.1, -0.05) is 199 Å². The molecule has 53 heavy (non-hydrogen) atoms. The number of hydrogen-bond acceptors (Lipinski definition) is 6. The van der Waals surface area contributed by atoms with Gasteiger partial charge in [0.15, 0.2) is 6.10 Å². The Hall–Kier alpha value is -1.47. The quantitative estimate of drug-likeness (QED) is 0.0273. The standard InChI is InChI=1S/C44H83O8P/c1-3-5-7-9-11-13-15-17-19-21-23-24-26-28-30-32-34-36-38-43(45)50-40-42(41-51-53(47,48)49)52-44(46)39-37-35-33-31-29-27-25-22-20-18-16-14-12-10-8-6-4-2/h25,27,31,33,42H,3-24,26,28-30,32,34-41H2,1-2H3,(H2,47,48,49)/b27-25+,33-31+/t42-/m1/s1. The Morgan fingerprint density at radius 3 is 1.30 bits per heavy atom. The third-order valence-corrected chi connectivity index (χ3v) is 10.2. The molecule has 0 bridgehead atoms. The van der Waals surface area contributed by atoms with Gasteiger partial charge in [-0.3, -0.25) is 14.1 Å². The van der Waals surface area contributed by atoms with Crippen LogP contribution in [0.1, 0.15) is 226 Å². The molecular weight excluding hydrogens is 687 g/mol. The summed E-state index contributed by atoms with van der Waals surface area (Å²) in [4.78, 5) is 42.9. The minimum atomic E-state index is -4.76. The first kappa shape index (κ1) is 51.5. The van der Waals surface area contributed by atoms with Crippen molar-refractivity contribution in [2.75, 3.05) is 13.2 Å². The molecule has 1 atom stereocenters. The fourth-order valence-corrected chi connectivity index (χ4v) is 6.77. The summed E-state index contributed by atoms with van der Waals surface area (Å²) in [5.41, 5.74) is 0. The highest BCUT2D eigenvalue weighted by Gasteiger charge is 2.22. The predicted octanol–water partition coefficient (Wildman–Crippen LogP) is 13.6. The number of phosphoric ester groups is 1. The summed E-state index contributed by atoms with van der Waals surface area (Å²) in [7, 11) is -4.76. The van der Waals surface area contributed by atoms with Crippen LogP contribution in [-0.2, 0) is 28.2 Å². The summed E-state index contributed by atoms with van der Waals surface area (Å²) in [6, 6.07) is 0. The van der Waals surface area contributed by atoms with E-state index in [2.05, 4.69) is 36.6 Å². The van der Waals surface area contributed by atoms with E-state index in [0.717, 1.165) is 38.5 Å². The van der Waals surface area contributed by atoms with Crippen molar-refractivity contribution >= 4 is 19.8 Å². The molecule has 2 N–H and O–H groups in total. The van der Waals surface area contributed by atoms with E-state index in [9.17, 15) is 14.2 Å². The normalized spacial score (nSPS) is 12.6. The lowest BCUT2D eigenvalue weighted by Crippen LogP contribution is -2.29. The van der Waals surface area contributed by atoms with E-state index in [1.54, 1.807) is 0 Å². The molecule has 0 fully saturated rings. The van der Waals surface area contributed by atoms with Crippen LogP contribution in [0.15, 0.2) is 24.3 Å². The van der Waals surface area contributed by atoms with Gasteiger partial charge in [0.25, 0.3) is 0 Å². The zero-order chi connectivity index (χ0) is 38.9. The highest BCUT2D eigenvalue weighted by Crippen LogP contribution is 2.36. The molecule has 0 rings (SSSR count). The number of rotatable bonds is 41. The molecular formula is C44H83O8P. The molecule has 0 radical (unpaired) electrons. The molecule has 0 spiro atoms. The Kier molecular flexibility index (Phi) is 39.1. The maximum atomic E-state index is 12.4. The van der Waals surface area contributed by atoms with Gasteiger partial charge in [0.05, 0.1) is 6.61 Å². The van der Waals surface area contributed by atoms with E-state index in [0.29, 0.717) is 6.42 Å². The molecule has 0 heterocycles. The van der Waals surface area contributed by atoms with Crippen LogP contribution in [0.25, 0.3) is 0 Å². The maximum absolute atomic E-state index is 12.4. The third kappa shape index (κ3) is 43.1. The Bertz CT molecular complexity index is 915. The summed E-state index contributed by atoms with van der Waals surface area (Å²) in [6.45, 7) is 3.68. The van der Waals surface area contributed by atoms with E-state index in [1.165, 1.54) is 154 Å². The molecule has 0 saturated carbocycles. The number of carbonyl (C=O) groups is 2. The van der Waals surface area contributed by atoms with Crippen molar-refractivity contribution in [2.24, 2.45) is 0 Å². The molecule has 0 aromatic rings. The second-order valence-electron chi connectivity index (χ2n) is 15.0. The molecule has 0 aliphatic heterocycles. The van der Waals surface area contributed by atoms with Gasteiger partial charge in [-0.15, -0.1) is 0 Å². The van der Waals surface area contributed by atoms with E-state index in [-0.39, 0.29) is 19.4 Å². The molecule has 0 aromatic carbocycles. The van der Waals surface area contributed by atoms with E-state index in [1.807, 2.05) is 6.08 Å². The number of allylic oxidation sites excluding steroid dienone is 4. The van der Waals surface area contributed by atoms with Gasteiger partial charge in [-0.25, -0.2) is 4.57 Å². The fraction of sp³-hybridized carbons (Fsp3) is 0.864. The topological polar surface area (TPSA) is 119 Å². The number of ether oxygens (including phenoxy) is 2. The van der Waals surface area contributed by atoms with E-state index >= 15 is 0 Å². The summed E-state index contributed by atoms with van der Waals surface area (Å²) in [5, 5.41) is 0. The Balaban J connectivity index is 3.92. The number of esters is 2. The number of unbranched alkanes of at least 4 members (excludes halogenated alkanes) is 27. The lowest BCUT2D eigenvalue weighted by Gasteiger charge is -2.18. The SMILES string of the molecule is CCCCCCCCCCC/C=C/C/C=C/CCCC(=O)O[C@H](COC(=O)CCCCCCCCCCCCCCCCCCCC)COP(=O)(O)O. The average Bonchev–Trinajstić information content (AvgIpc) is 3.13. The Morgan fingerprint density at radius 1 is 0.491 bits per heavy atom. The van der Waals surface area contributed by atoms with Crippen LogP contribution in [0, 0.1) is 0 Å². The lowest BCUT2D eigenvalue weighted by atomic mass is 10.0. The molecule has 0 saturated heterocycles. The van der Waals surface area contributed by atoms with Crippen LogP contribution in [-0.4, -0.2) is 41.0 Å². The second-order valence-corrected chi connectivity index (χ2v) is 16.3. The van der Waals surface area contributed by atoms with Gasteiger partial charge < -0.3 is 19.3 Å². The molecule has 8 nitrogen and oxygen atoms in total. The number of carbonyl (C=O) groups excluding carboxylic acids is 2. The molecule has 9 heteroatoms. The van der Waals surface area contributed by atoms with Crippen molar-refractivity contribution in [1.29, 1.82) is 0 Å². The Morgan fingerprint density at radius 2 is 0.868 bits per heavy atom. The minimum absolute atomic E-state index is 0.151. The van der Waals surface area contributed by atoms with Crippen LogP contribution in [0.4, 0.5) is 0 Å². The largest absolute Gasteiger partial charge is 0.469 e. The molecule has 0 unspecified atom stereocenters. The van der Waals surface area contributed by atoms with Gasteiger partial charge in [-0.05, 0) is 38.5 Å². The average molecular weight is 771 g/mol. The van der Waals surface area contributed by atoms with E-state index in [4.69, 9.17) is 19.3 Å². The first-order valence-electron chi connectivity index (χ1n) is 22.1. The zero-order valence-electron chi connectivity index (χ0n) is 34.4. The summed E-state index contributed by atoms with van der Waals surface area (Å²) < 4.78 is 26.4. The summed E-state index contributed by atoms with van der Waals surface area (Å²) in [6.07, 6.45) is 46.3. The van der Waals surface area contributed by atoms with Crippen LogP contribution < -0.4 is 0 Å². The first-order chi connectivity index (χ1) is 25.8. The van der Waals surface area contributed by atoms with Gasteiger partial charge in [0.2, 0.25) is 0 Å². The fourth-order valence-electron chi connectivity index (χ4n) is 6.41. The summed E-state index contributed by atoms with van der Waals surface area (Å²) >= 11 is 0. The van der Waals surface area contributed by atoms with Crippen molar-refractivity contribution in [1.82, 2.24) is 0 Å². The van der Waals surface area contributed by atoms with Gasteiger partial charge in [0, 0.05) is 12.8 Å². The maximum Gasteiger partial charge on any atom is 0.469 e. The molecule has 0 aromatic heterocycles. The predicted molar refractivity (Wildman–Crippen MR) is 221 cm³/mol. The van der Waals surface area contributed by atoms with E-state index < -0.39 is 32.5 Å². The Labute approximate surface area is 326 Å². The molecule has 0 amide bonds. The minimum Gasteiger partial charge on any atom is -0.462 e. The van der Waals surface area contributed by atoms with Crippen molar-refractivity contribution in [2.45, 2.75) is 232 Å². The van der Waals surface area contributed by atoms with Gasteiger partial charge >= 0.3 is 19.8 Å². The van der Waals surface area contributed by atoms with Gasteiger partial charge in [-0.2, -0.15) is 0 Å². The molecule has 0 aliphatic carbocycles. The van der Waals surface area contributed by atoms with Crippen LogP contribution >= 0.6 is 7.82 Å². The van der Waals surface area contributed by atoms with Crippen LogP contribution in [0.2, 0.25) is 0 Å². The van der Waals surface area contributed by atoms with Crippen molar-refractivity contribution < 1.29 is 37.9 Å². The van der Waals surface area contributed by atoms with Crippen molar-refractivity contribution in [3.8, 4) is 0 Å². The lowest BCUT2D eigenvalue weighted by molar-refractivity contribution is -0.161. The molecule has 0 aliphatic rings. The smallest absolute Gasteiger partial charge is 0.462 e. The highest BCUT2D eigenvalue weighted by molar-refractivity contribution is 7.46. The molecule has 312 valence electrons. The van der Waals surface area contributed by atoms with Crippen molar-refractivity contribution in [3.63, 3.8) is 0 Å². The van der Waals surface area contributed by atoms with Crippen molar-refractivity contribution in [3.05, 3.63) is 24.3 Å². The highest BCUT2D eigenvalue weighted by atomic mass is 31.2. The third-order valence-electron chi connectivity index (χ3n) is 9.72.